The minimum Gasteiger partial charge on any atom is -0.298 e. The zero-order valence-electron chi connectivity index (χ0n) is 9.53. The highest BCUT2D eigenvalue weighted by Gasteiger charge is 2.08. The average Bonchev–Trinajstić information content (AvgIpc) is 2.29. The van der Waals surface area contributed by atoms with Crippen molar-refractivity contribution in [2.24, 2.45) is 0 Å². The van der Waals surface area contributed by atoms with Crippen molar-refractivity contribution in [3.05, 3.63) is 59.2 Å². The number of aldehydes is 1. The van der Waals surface area contributed by atoms with Crippen molar-refractivity contribution >= 4 is 6.29 Å². The molecular weight excluding hydrogens is 196 g/mol. The summed E-state index contributed by atoms with van der Waals surface area (Å²) in [5.74, 6) is 0. The maximum Gasteiger partial charge on any atom is 0.150 e. The van der Waals surface area contributed by atoms with Crippen LogP contribution < -0.4 is 0 Å². The summed E-state index contributed by atoms with van der Waals surface area (Å²) in [6.45, 7) is 4.03. The van der Waals surface area contributed by atoms with E-state index in [1.807, 2.05) is 37.3 Å². The van der Waals surface area contributed by atoms with Gasteiger partial charge in [-0.15, -0.1) is 0 Å². The molecule has 2 rings (SSSR count). The standard InChI is InChI=1S/C15H14O/c1-11-6-3-4-8-13(11)14-9-5-7-12(2)15(14)10-16/h3-10H,1-2H3. The summed E-state index contributed by atoms with van der Waals surface area (Å²) < 4.78 is 0. The molecule has 0 atom stereocenters. The normalized spacial score (nSPS) is 10.1. The molecule has 0 unspecified atom stereocenters. The summed E-state index contributed by atoms with van der Waals surface area (Å²) in [5, 5.41) is 0. The van der Waals surface area contributed by atoms with Gasteiger partial charge in [0.05, 0.1) is 0 Å². The lowest BCUT2D eigenvalue weighted by atomic mass is 9.94. The van der Waals surface area contributed by atoms with Crippen LogP contribution in [0.5, 0.6) is 0 Å². The molecule has 16 heavy (non-hydrogen) atoms. The zero-order valence-corrected chi connectivity index (χ0v) is 9.53. The maximum atomic E-state index is 11.1. The van der Waals surface area contributed by atoms with Gasteiger partial charge in [-0.25, -0.2) is 0 Å². The lowest BCUT2D eigenvalue weighted by Crippen LogP contribution is -1.92. The number of rotatable bonds is 2. The third-order valence-electron chi connectivity index (χ3n) is 2.88. The molecule has 0 spiro atoms. The molecule has 0 bridgehead atoms. The molecule has 2 aromatic carbocycles. The molecule has 0 N–H and O–H groups in total. The van der Waals surface area contributed by atoms with E-state index in [0.29, 0.717) is 0 Å². The third kappa shape index (κ3) is 1.76. The van der Waals surface area contributed by atoms with E-state index >= 15 is 0 Å². The van der Waals surface area contributed by atoms with Crippen molar-refractivity contribution in [1.82, 2.24) is 0 Å². The molecule has 80 valence electrons. The van der Waals surface area contributed by atoms with Crippen LogP contribution in [0, 0.1) is 13.8 Å². The minimum absolute atomic E-state index is 0.789. The van der Waals surface area contributed by atoms with Crippen LogP contribution in [-0.2, 0) is 0 Å². The fourth-order valence-corrected chi connectivity index (χ4v) is 1.95. The molecule has 0 heterocycles. The highest BCUT2D eigenvalue weighted by molar-refractivity contribution is 5.90. The van der Waals surface area contributed by atoms with E-state index in [1.165, 1.54) is 5.56 Å². The maximum absolute atomic E-state index is 11.1. The predicted octanol–water partition coefficient (Wildman–Crippen LogP) is 3.78. The fraction of sp³-hybridized carbons (Fsp3) is 0.133. The Morgan fingerprint density at radius 2 is 1.44 bits per heavy atom. The first-order valence-electron chi connectivity index (χ1n) is 5.35. The van der Waals surface area contributed by atoms with Crippen LogP contribution in [-0.4, -0.2) is 6.29 Å². The van der Waals surface area contributed by atoms with Gasteiger partial charge in [0.1, 0.15) is 0 Å². The minimum atomic E-state index is 0.789. The topological polar surface area (TPSA) is 17.1 Å². The Morgan fingerprint density at radius 1 is 0.812 bits per heavy atom. The zero-order chi connectivity index (χ0) is 11.5. The molecule has 1 heteroatoms. The van der Waals surface area contributed by atoms with Crippen molar-refractivity contribution < 1.29 is 4.79 Å². The third-order valence-corrected chi connectivity index (χ3v) is 2.88. The number of benzene rings is 2. The van der Waals surface area contributed by atoms with Crippen LogP contribution in [0.3, 0.4) is 0 Å². The second-order valence-corrected chi connectivity index (χ2v) is 3.97. The first-order chi connectivity index (χ1) is 7.74. The summed E-state index contributed by atoms with van der Waals surface area (Å²) in [5.41, 5.74) is 5.16. The fourth-order valence-electron chi connectivity index (χ4n) is 1.95. The monoisotopic (exact) mass is 210 g/mol. The molecule has 0 aliphatic carbocycles. The number of hydrogen-bond acceptors (Lipinski definition) is 1. The summed E-state index contributed by atoms with van der Waals surface area (Å²) in [6.07, 6.45) is 0.942. The Bertz CT molecular complexity index is 527. The molecule has 1 nitrogen and oxygen atoms in total. The molecule has 2 aromatic rings. The van der Waals surface area contributed by atoms with Crippen LogP contribution in [0.15, 0.2) is 42.5 Å². The van der Waals surface area contributed by atoms with Crippen molar-refractivity contribution in [1.29, 1.82) is 0 Å². The van der Waals surface area contributed by atoms with Crippen LogP contribution >= 0.6 is 0 Å². The lowest BCUT2D eigenvalue weighted by molar-refractivity contribution is 0.112. The number of hydrogen-bond donors (Lipinski definition) is 0. The highest BCUT2D eigenvalue weighted by atomic mass is 16.1. The van der Waals surface area contributed by atoms with Gasteiger partial charge in [0.2, 0.25) is 0 Å². The van der Waals surface area contributed by atoms with Crippen molar-refractivity contribution in [2.75, 3.05) is 0 Å². The largest absolute Gasteiger partial charge is 0.298 e. The van der Waals surface area contributed by atoms with Gasteiger partial charge in [0, 0.05) is 5.56 Å². The van der Waals surface area contributed by atoms with Crippen molar-refractivity contribution in [3.63, 3.8) is 0 Å². The van der Waals surface area contributed by atoms with E-state index in [0.717, 1.165) is 28.5 Å². The van der Waals surface area contributed by atoms with E-state index in [4.69, 9.17) is 0 Å². The molecule has 0 fully saturated rings. The first kappa shape index (κ1) is 10.6. The van der Waals surface area contributed by atoms with Gasteiger partial charge in [-0.2, -0.15) is 0 Å². The van der Waals surface area contributed by atoms with Gasteiger partial charge in [0.25, 0.3) is 0 Å². The first-order valence-corrected chi connectivity index (χ1v) is 5.35. The van der Waals surface area contributed by atoms with Gasteiger partial charge >= 0.3 is 0 Å². The summed E-state index contributed by atoms with van der Waals surface area (Å²) in [7, 11) is 0. The molecule has 0 saturated heterocycles. The van der Waals surface area contributed by atoms with Crippen LogP contribution in [0.2, 0.25) is 0 Å². The molecule has 0 amide bonds. The van der Waals surface area contributed by atoms with E-state index < -0.39 is 0 Å². The highest BCUT2D eigenvalue weighted by Crippen LogP contribution is 2.27. The van der Waals surface area contributed by atoms with Gasteiger partial charge in [-0.05, 0) is 36.1 Å². The van der Waals surface area contributed by atoms with E-state index in [9.17, 15) is 4.79 Å². The predicted molar refractivity (Wildman–Crippen MR) is 66.7 cm³/mol. The average molecular weight is 210 g/mol. The number of carbonyl (C=O) groups is 1. The Labute approximate surface area is 95.7 Å². The summed E-state index contributed by atoms with van der Waals surface area (Å²) in [6, 6.07) is 14.1. The number of carbonyl (C=O) groups excluding carboxylic acids is 1. The molecular formula is C15H14O. The summed E-state index contributed by atoms with van der Waals surface area (Å²) in [4.78, 5) is 11.1. The summed E-state index contributed by atoms with van der Waals surface area (Å²) >= 11 is 0. The molecule has 0 aliphatic rings. The van der Waals surface area contributed by atoms with E-state index in [1.54, 1.807) is 0 Å². The second kappa shape index (κ2) is 4.31. The molecule has 0 aromatic heterocycles. The quantitative estimate of drug-likeness (QED) is 0.689. The van der Waals surface area contributed by atoms with Gasteiger partial charge in [-0.3, -0.25) is 4.79 Å². The van der Waals surface area contributed by atoms with Gasteiger partial charge in [-0.1, -0.05) is 42.5 Å². The smallest absolute Gasteiger partial charge is 0.150 e. The van der Waals surface area contributed by atoms with Gasteiger partial charge < -0.3 is 0 Å². The Hall–Kier alpha value is -1.89. The van der Waals surface area contributed by atoms with Crippen LogP contribution in [0.25, 0.3) is 11.1 Å². The lowest BCUT2D eigenvalue weighted by Gasteiger charge is -2.10. The van der Waals surface area contributed by atoms with Gasteiger partial charge in [0.15, 0.2) is 6.29 Å². The van der Waals surface area contributed by atoms with E-state index in [-0.39, 0.29) is 0 Å². The Balaban J connectivity index is 2.69. The van der Waals surface area contributed by atoms with Crippen molar-refractivity contribution in [2.45, 2.75) is 13.8 Å². The van der Waals surface area contributed by atoms with Crippen LogP contribution in [0.4, 0.5) is 0 Å². The SMILES string of the molecule is Cc1ccccc1-c1cccc(C)c1C=O. The molecule has 0 aliphatic heterocycles. The van der Waals surface area contributed by atoms with Crippen LogP contribution in [0.1, 0.15) is 21.5 Å². The van der Waals surface area contributed by atoms with Crippen molar-refractivity contribution in [3.8, 4) is 11.1 Å². The van der Waals surface area contributed by atoms with E-state index in [2.05, 4.69) is 19.1 Å². The molecule has 0 saturated carbocycles. The Morgan fingerprint density at radius 3 is 2.12 bits per heavy atom. The molecule has 0 radical (unpaired) electrons. The Kier molecular flexibility index (Phi) is 2.86. The number of aryl methyl sites for hydroxylation is 2. The second-order valence-electron chi connectivity index (χ2n) is 3.97.